The van der Waals surface area contributed by atoms with Crippen LogP contribution >= 0.6 is 0 Å². The summed E-state index contributed by atoms with van der Waals surface area (Å²) in [6.45, 7) is 4.14. The predicted molar refractivity (Wildman–Crippen MR) is 99.8 cm³/mol. The molecule has 1 aromatic heterocycles. The number of likely N-dealkylation sites (tertiary alicyclic amines) is 1. The van der Waals surface area contributed by atoms with Crippen LogP contribution < -0.4 is 15.6 Å². The molecule has 3 amide bonds. The fraction of sp³-hybridized carbons (Fsp3) is 0.350. The highest BCUT2D eigenvalue weighted by atomic mass is 16.5. The van der Waals surface area contributed by atoms with Gasteiger partial charge in [-0.05, 0) is 38.1 Å². The van der Waals surface area contributed by atoms with E-state index in [1.165, 1.54) is 6.26 Å². The zero-order valence-electron chi connectivity index (χ0n) is 15.8. The van der Waals surface area contributed by atoms with Crippen LogP contribution in [0.3, 0.4) is 0 Å². The lowest BCUT2D eigenvalue weighted by molar-refractivity contribution is -0.134. The second-order valence-electron chi connectivity index (χ2n) is 6.81. The van der Waals surface area contributed by atoms with Gasteiger partial charge in [-0.25, -0.2) is 0 Å². The number of rotatable bonds is 6. The highest BCUT2D eigenvalue weighted by Crippen LogP contribution is 2.20. The average Bonchev–Trinajstić information content (AvgIpc) is 3.32. The molecule has 2 unspecified atom stereocenters. The Bertz CT molecular complexity index is 832. The molecule has 2 N–H and O–H groups in total. The maximum absolute atomic E-state index is 12.3. The first-order valence-corrected chi connectivity index (χ1v) is 9.05. The number of hydrazine groups is 1. The normalized spacial score (nSPS) is 17.3. The number of benzene rings is 1. The van der Waals surface area contributed by atoms with Crippen molar-refractivity contribution in [3.05, 3.63) is 54.0 Å². The molecular weight excluding hydrogens is 362 g/mol. The number of nitrogens with zero attached hydrogens (tertiary/aromatic N) is 1. The minimum absolute atomic E-state index is 0.0951. The number of hydrogen-bond acceptors (Lipinski definition) is 5. The summed E-state index contributed by atoms with van der Waals surface area (Å²) in [5.74, 6) is -0.328. The van der Waals surface area contributed by atoms with E-state index in [4.69, 9.17) is 9.15 Å². The molecule has 148 valence electrons. The van der Waals surface area contributed by atoms with Gasteiger partial charge in [0.2, 0.25) is 11.8 Å². The van der Waals surface area contributed by atoms with Crippen molar-refractivity contribution in [2.24, 2.45) is 5.92 Å². The fourth-order valence-electron chi connectivity index (χ4n) is 2.89. The van der Waals surface area contributed by atoms with Crippen molar-refractivity contribution < 1.29 is 23.5 Å². The summed E-state index contributed by atoms with van der Waals surface area (Å²) in [6.07, 6.45) is 0.844. The quantitative estimate of drug-likeness (QED) is 0.735. The molecule has 2 aromatic rings. The van der Waals surface area contributed by atoms with E-state index in [-0.39, 0.29) is 18.9 Å². The Balaban J connectivity index is 1.45. The highest BCUT2D eigenvalue weighted by molar-refractivity contribution is 5.90. The zero-order chi connectivity index (χ0) is 20.1. The van der Waals surface area contributed by atoms with Gasteiger partial charge in [-0.2, -0.15) is 0 Å². The number of nitrogens with one attached hydrogen (secondary N) is 2. The minimum Gasteiger partial charge on any atom is -0.481 e. The Hall–Kier alpha value is -3.29. The van der Waals surface area contributed by atoms with E-state index in [1.807, 2.05) is 19.1 Å². The summed E-state index contributed by atoms with van der Waals surface area (Å²) in [5.41, 5.74) is 5.82. The SMILES string of the molecule is Cc1ccc(OC(C)C(=O)NNC(=O)C2CC(=O)N(Cc3ccco3)C2)cc1. The van der Waals surface area contributed by atoms with Crippen molar-refractivity contribution in [2.75, 3.05) is 6.54 Å². The molecule has 2 atom stereocenters. The fourth-order valence-corrected chi connectivity index (χ4v) is 2.89. The molecule has 8 nitrogen and oxygen atoms in total. The van der Waals surface area contributed by atoms with Crippen molar-refractivity contribution in [3.63, 3.8) is 0 Å². The minimum atomic E-state index is -0.788. The van der Waals surface area contributed by atoms with Gasteiger partial charge in [0.25, 0.3) is 5.91 Å². The summed E-state index contributed by atoms with van der Waals surface area (Å²) in [5, 5.41) is 0. The van der Waals surface area contributed by atoms with Gasteiger partial charge in [-0.15, -0.1) is 0 Å². The summed E-state index contributed by atoms with van der Waals surface area (Å²) in [4.78, 5) is 38.1. The number of carbonyl (C=O) groups excluding carboxylic acids is 3. The van der Waals surface area contributed by atoms with Crippen LogP contribution in [0, 0.1) is 12.8 Å². The predicted octanol–water partition coefficient (Wildman–Crippen LogP) is 1.55. The molecular formula is C20H23N3O5. The molecule has 1 fully saturated rings. The molecule has 2 heterocycles. The average molecular weight is 385 g/mol. The van der Waals surface area contributed by atoms with Crippen molar-refractivity contribution in [2.45, 2.75) is 32.9 Å². The number of amides is 3. The molecule has 1 saturated heterocycles. The maximum atomic E-state index is 12.3. The molecule has 0 saturated carbocycles. The Morgan fingerprint density at radius 1 is 1.25 bits per heavy atom. The van der Waals surface area contributed by atoms with Crippen LogP contribution in [0.2, 0.25) is 0 Å². The van der Waals surface area contributed by atoms with Gasteiger partial charge in [0.1, 0.15) is 11.5 Å². The standard InChI is InChI=1S/C20H23N3O5/c1-13-5-7-16(8-6-13)28-14(2)19(25)21-22-20(26)15-10-18(24)23(11-15)12-17-4-3-9-27-17/h3-9,14-15H,10-12H2,1-2H3,(H,21,25)(H,22,26). The molecule has 1 aliphatic rings. The van der Waals surface area contributed by atoms with Crippen molar-refractivity contribution >= 4 is 17.7 Å². The molecule has 28 heavy (non-hydrogen) atoms. The number of ether oxygens (including phenoxy) is 1. The first-order chi connectivity index (χ1) is 13.4. The summed E-state index contributed by atoms with van der Waals surface area (Å²) in [7, 11) is 0. The highest BCUT2D eigenvalue weighted by Gasteiger charge is 2.35. The van der Waals surface area contributed by atoms with Crippen LogP contribution in [-0.2, 0) is 20.9 Å². The third-order valence-corrected chi connectivity index (χ3v) is 4.52. The van der Waals surface area contributed by atoms with E-state index in [1.54, 1.807) is 36.1 Å². The first kappa shape index (κ1) is 19.5. The van der Waals surface area contributed by atoms with Crippen LogP contribution in [0.25, 0.3) is 0 Å². The molecule has 0 bridgehead atoms. The molecule has 3 rings (SSSR count). The number of furan rings is 1. The van der Waals surface area contributed by atoms with E-state index < -0.39 is 23.8 Å². The Morgan fingerprint density at radius 2 is 2.00 bits per heavy atom. The summed E-state index contributed by atoms with van der Waals surface area (Å²) >= 11 is 0. The number of carbonyl (C=O) groups is 3. The van der Waals surface area contributed by atoms with E-state index in [2.05, 4.69) is 10.9 Å². The van der Waals surface area contributed by atoms with Gasteiger partial charge in [-0.3, -0.25) is 25.2 Å². The van der Waals surface area contributed by atoms with E-state index in [0.29, 0.717) is 18.1 Å². The smallest absolute Gasteiger partial charge is 0.279 e. The molecule has 0 spiro atoms. The molecule has 1 aliphatic heterocycles. The van der Waals surface area contributed by atoms with Gasteiger partial charge in [0, 0.05) is 13.0 Å². The van der Waals surface area contributed by atoms with E-state index in [9.17, 15) is 14.4 Å². The Morgan fingerprint density at radius 3 is 2.68 bits per heavy atom. The van der Waals surface area contributed by atoms with Crippen molar-refractivity contribution in [1.29, 1.82) is 0 Å². The van der Waals surface area contributed by atoms with E-state index >= 15 is 0 Å². The molecule has 8 heteroatoms. The number of hydrogen-bond donors (Lipinski definition) is 2. The van der Waals surface area contributed by atoms with Gasteiger partial charge < -0.3 is 14.1 Å². The van der Waals surface area contributed by atoms with Crippen LogP contribution in [0.4, 0.5) is 0 Å². The lowest BCUT2D eigenvalue weighted by Crippen LogP contribution is -2.49. The monoisotopic (exact) mass is 385 g/mol. The van der Waals surface area contributed by atoms with E-state index in [0.717, 1.165) is 5.56 Å². The molecule has 0 aliphatic carbocycles. The van der Waals surface area contributed by atoms with Crippen LogP contribution in [0.15, 0.2) is 47.1 Å². The number of aryl methyl sites for hydroxylation is 1. The van der Waals surface area contributed by atoms with Crippen molar-refractivity contribution in [1.82, 2.24) is 15.8 Å². The van der Waals surface area contributed by atoms with Crippen molar-refractivity contribution in [3.8, 4) is 5.75 Å². The largest absolute Gasteiger partial charge is 0.481 e. The first-order valence-electron chi connectivity index (χ1n) is 9.05. The summed E-state index contributed by atoms with van der Waals surface area (Å²) < 4.78 is 10.8. The second kappa shape index (κ2) is 8.60. The molecule has 1 aromatic carbocycles. The van der Waals surface area contributed by atoms with Crippen LogP contribution in [0.1, 0.15) is 24.7 Å². The zero-order valence-corrected chi connectivity index (χ0v) is 15.8. The Kier molecular flexibility index (Phi) is 5.98. The summed E-state index contributed by atoms with van der Waals surface area (Å²) in [6, 6.07) is 10.8. The van der Waals surface area contributed by atoms with Gasteiger partial charge in [0.05, 0.1) is 18.7 Å². The third-order valence-electron chi connectivity index (χ3n) is 4.52. The lowest BCUT2D eigenvalue weighted by Gasteiger charge is -2.17. The Labute approximate surface area is 162 Å². The maximum Gasteiger partial charge on any atom is 0.279 e. The third kappa shape index (κ3) is 4.91. The van der Waals surface area contributed by atoms with Crippen LogP contribution in [0.5, 0.6) is 5.75 Å². The van der Waals surface area contributed by atoms with Gasteiger partial charge in [-0.1, -0.05) is 17.7 Å². The lowest BCUT2D eigenvalue weighted by atomic mass is 10.1. The topological polar surface area (TPSA) is 101 Å². The van der Waals surface area contributed by atoms with Gasteiger partial charge >= 0.3 is 0 Å². The second-order valence-corrected chi connectivity index (χ2v) is 6.81. The van der Waals surface area contributed by atoms with Gasteiger partial charge in [0.15, 0.2) is 6.10 Å². The molecule has 0 radical (unpaired) electrons. The van der Waals surface area contributed by atoms with Crippen LogP contribution in [-0.4, -0.2) is 35.3 Å².